The fourth-order valence-electron chi connectivity index (χ4n) is 3.51. The topological polar surface area (TPSA) is 59.8 Å². The number of aryl methyl sites for hydroxylation is 1. The van der Waals surface area contributed by atoms with Crippen molar-refractivity contribution < 1.29 is 14.6 Å². The van der Waals surface area contributed by atoms with Crippen molar-refractivity contribution >= 4 is 11.6 Å². The summed E-state index contributed by atoms with van der Waals surface area (Å²) in [4.78, 5) is 2.21. The summed E-state index contributed by atoms with van der Waals surface area (Å²) in [6.45, 7) is 13.5. The first-order valence-electron chi connectivity index (χ1n) is 11.7. The minimum atomic E-state index is -0.605. The summed E-state index contributed by atoms with van der Waals surface area (Å²) >= 11 is 6.07. The van der Waals surface area contributed by atoms with Gasteiger partial charge in [-0.25, -0.2) is 4.68 Å². The van der Waals surface area contributed by atoms with E-state index in [1.165, 1.54) is 0 Å². The molecule has 1 heterocycles. The van der Waals surface area contributed by atoms with Gasteiger partial charge < -0.3 is 14.6 Å². The lowest BCUT2D eigenvalue weighted by molar-refractivity contribution is -0.0587. The first kappa shape index (κ1) is 26.2. The molecule has 0 saturated heterocycles. The SMILES string of the molecule is Cc1nn(-c2ccccc2)c(Oc2ccc(Cl)cc2)c1CN(C[C@@H](O)COC(C)(C)C)C(C)C. The summed E-state index contributed by atoms with van der Waals surface area (Å²) in [5, 5.41) is 16.1. The van der Waals surface area contributed by atoms with Crippen LogP contribution in [0, 0.1) is 6.92 Å². The van der Waals surface area contributed by atoms with Gasteiger partial charge in [-0.05, 0) is 77.9 Å². The summed E-state index contributed by atoms with van der Waals surface area (Å²) in [7, 11) is 0. The number of rotatable bonds is 10. The van der Waals surface area contributed by atoms with Gasteiger partial charge in [0.15, 0.2) is 0 Å². The third kappa shape index (κ3) is 7.31. The van der Waals surface area contributed by atoms with Crippen molar-refractivity contribution in [3.63, 3.8) is 0 Å². The van der Waals surface area contributed by atoms with E-state index in [1.54, 1.807) is 12.1 Å². The standard InChI is InChI=1S/C27H36ClN3O3/c1-19(2)30(16-23(32)18-33-27(4,5)6)17-25-20(3)29-31(22-10-8-7-9-11-22)26(25)34-24-14-12-21(28)13-15-24/h7-15,19,23,32H,16-18H2,1-6H3/t23-/m1/s1. The number of halogens is 1. The molecule has 0 bridgehead atoms. The summed E-state index contributed by atoms with van der Waals surface area (Å²) in [6, 6.07) is 17.4. The molecule has 0 aliphatic carbocycles. The number of hydrogen-bond acceptors (Lipinski definition) is 5. The van der Waals surface area contributed by atoms with Crippen LogP contribution in [0.15, 0.2) is 54.6 Å². The Labute approximate surface area is 208 Å². The Hall–Kier alpha value is -2.38. The van der Waals surface area contributed by atoms with Crippen molar-refractivity contribution in [2.75, 3.05) is 13.2 Å². The second-order valence-corrected chi connectivity index (χ2v) is 10.2. The van der Waals surface area contributed by atoms with Crippen molar-refractivity contribution in [2.45, 2.75) is 65.8 Å². The van der Waals surface area contributed by atoms with Crippen molar-refractivity contribution in [3.05, 3.63) is 70.9 Å². The van der Waals surface area contributed by atoms with Crippen LogP contribution < -0.4 is 4.74 Å². The highest BCUT2D eigenvalue weighted by molar-refractivity contribution is 6.30. The second-order valence-electron chi connectivity index (χ2n) is 9.77. The van der Waals surface area contributed by atoms with Gasteiger partial charge in [0.25, 0.3) is 0 Å². The number of aliphatic hydroxyl groups is 1. The van der Waals surface area contributed by atoms with Crippen molar-refractivity contribution in [1.29, 1.82) is 0 Å². The molecule has 34 heavy (non-hydrogen) atoms. The molecule has 3 aromatic rings. The zero-order valence-corrected chi connectivity index (χ0v) is 21.7. The van der Waals surface area contributed by atoms with E-state index in [-0.39, 0.29) is 18.2 Å². The fourth-order valence-corrected chi connectivity index (χ4v) is 3.64. The molecule has 184 valence electrons. The van der Waals surface area contributed by atoms with Crippen molar-refractivity contribution in [1.82, 2.24) is 14.7 Å². The average Bonchev–Trinajstić information content (AvgIpc) is 3.08. The molecule has 1 aromatic heterocycles. The van der Waals surface area contributed by atoms with Crippen molar-refractivity contribution in [2.24, 2.45) is 0 Å². The number of benzene rings is 2. The summed E-state index contributed by atoms with van der Waals surface area (Å²) in [5.41, 5.74) is 2.46. The van der Waals surface area contributed by atoms with Crippen molar-refractivity contribution in [3.8, 4) is 17.3 Å². The molecule has 1 N–H and O–H groups in total. The van der Waals surface area contributed by atoms with Crippen LogP contribution >= 0.6 is 11.6 Å². The molecular weight excluding hydrogens is 450 g/mol. The van der Waals surface area contributed by atoms with E-state index in [4.69, 9.17) is 26.2 Å². The Bertz CT molecular complexity index is 1040. The van der Waals surface area contributed by atoms with Gasteiger partial charge in [-0.15, -0.1) is 0 Å². The normalized spacial score (nSPS) is 13.0. The zero-order valence-electron chi connectivity index (χ0n) is 21.0. The Morgan fingerprint density at radius 3 is 2.29 bits per heavy atom. The first-order valence-corrected chi connectivity index (χ1v) is 12.0. The molecule has 0 saturated carbocycles. The van der Waals surface area contributed by atoms with E-state index < -0.39 is 6.10 Å². The van der Waals surface area contributed by atoms with Gasteiger partial charge in [0.2, 0.25) is 5.88 Å². The van der Waals surface area contributed by atoms with Crippen LogP contribution in [-0.2, 0) is 11.3 Å². The lowest BCUT2D eigenvalue weighted by Gasteiger charge is -2.30. The number of aromatic nitrogens is 2. The third-order valence-corrected chi connectivity index (χ3v) is 5.66. The molecule has 1 atom stereocenters. The van der Waals surface area contributed by atoms with Crippen LogP contribution in [0.1, 0.15) is 45.9 Å². The van der Waals surface area contributed by atoms with E-state index in [0.29, 0.717) is 29.7 Å². The molecule has 0 aliphatic heterocycles. The van der Waals surface area contributed by atoms with E-state index in [9.17, 15) is 5.11 Å². The molecule has 3 rings (SSSR count). The number of ether oxygens (including phenoxy) is 2. The molecule has 0 aliphatic rings. The molecule has 6 nitrogen and oxygen atoms in total. The molecule has 7 heteroatoms. The smallest absolute Gasteiger partial charge is 0.227 e. The first-order chi connectivity index (χ1) is 16.0. The Morgan fingerprint density at radius 1 is 1.06 bits per heavy atom. The highest BCUT2D eigenvalue weighted by Crippen LogP contribution is 2.32. The summed E-state index contributed by atoms with van der Waals surface area (Å²) < 4.78 is 14.0. The zero-order chi connectivity index (χ0) is 24.9. The Morgan fingerprint density at radius 2 is 1.71 bits per heavy atom. The van der Waals surface area contributed by atoms with Gasteiger partial charge in [0, 0.05) is 24.2 Å². The fraction of sp³-hybridized carbons (Fsp3) is 0.444. The van der Waals surface area contributed by atoms with Gasteiger partial charge in [-0.3, -0.25) is 4.90 Å². The Kier molecular flexibility index (Phi) is 8.77. The molecule has 2 aromatic carbocycles. The molecule has 0 spiro atoms. The summed E-state index contributed by atoms with van der Waals surface area (Å²) in [5.74, 6) is 1.33. The van der Waals surface area contributed by atoms with Gasteiger partial charge in [-0.1, -0.05) is 29.8 Å². The number of nitrogens with zero attached hydrogens (tertiary/aromatic N) is 3. The van der Waals surface area contributed by atoms with Crippen LogP contribution in [0.25, 0.3) is 5.69 Å². The molecule has 0 unspecified atom stereocenters. The highest BCUT2D eigenvalue weighted by Gasteiger charge is 2.24. The third-order valence-electron chi connectivity index (χ3n) is 5.41. The molecule has 0 fully saturated rings. The summed E-state index contributed by atoms with van der Waals surface area (Å²) in [6.07, 6.45) is -0.605. The monoisotopic (exact) mass is 485 g/mol. The van der Waals surface area contributed by atoms with E-state index in [0.717, 1.165) is 16.9 Å². The highest BCUT2D eigenvalue weighted by atomic mass is 35.5. The lowest BCUT2D eigenvalue weighted by Crippen LogP contribution is -2.40. The van der Waals surface area contributed by atoms with E-state index in [1.807, 2.05) is 74.8 Å². The van der Waals surface area contributed by atoms with E-state index >= 15 is 0 Å². The minimum Gasteiger partial charge on any atom is -0.439 e. The maximum Gasteiger partial charge on any atom is 0.227 e. The van der Waals surface area contributed by atoms with E-state index in [2.05, 4.69) is 18.7 Å². The quantitative estimate of drug-likeness (QED) is 0.381. The number of para-hydroxylation sites is 1. The largest absolute Gasteiger partial charge is 0.439 e. The van der Waals surface area contributed by atoms with Gasteiger partial charge >= 0.3 is 0 Å². The molecule has 0 amide bonds. The maximum absolute atomic E-state index is 10.7. The van der Waals surface area contributed by atoms with Gasteiger partial charge in [0.05, 0.1) is 35.3 Å². The van der Waals surface area contributed by atoms with Crippen LogP contribution in [-0.4, -0.2) is 50.7 Å². The number of aliphatic hydroxyl groups excluding tert-OH is 1. The van der Waals surface area contributed by atoms with Crippen LogP contribution in [0.2, 0.25) is 5.02 Å². The maximum atomic E-state index is 10.7. The van der Waals surface area contributed by atoms with Gasteiger partial charge in [-0.2, -0.15) is 5.10 Å². The predicted molar refractivity (Wildman–Crippen MR) is 137 cm³/mol. The predicted octanol–water partition coefficient (Wildman–Crippen LogP) is 6.01. The van der Waals surface area contributed by atoms with Gasteiger partial charge in [0.1, 0.15) is 5.75 Å². The van der Waals surface area contributed by atoms with Crippen LogP contribution in [0.3, 0.4) is 0 Å². The average molecular weight is 486 g/mol. The van der Waals surface area contributed by atoms with Crippen LogP contribution in [0.5, 0.6) is 11.6 Å². The molecule has 0 radical (unpaired) electrons. The second kappa shape index (κ2) is 11.4. The van der Waals surface area contributed by atoms with Crippen LogP contribution in [0.4, 0.5) is 0 Å². The number of hydrogen-bond donors (Lipinski definition) is 1. The lowest BCUT2D eigenvalue weighted by atomic mass is 10.1. The molecular formula is C27H36ClN3O3. The Balaban J connectivity index is 1.92. The minimum absolute atomic E-state index is 0.201.